The van der Waals surface area contributed by atoms with Crippen molar-refractivity contribution in [2.45, 2.75) is 45.1 Å². The van der Waals surface area contributed by atoms with Gasteiger partial charge in [-0.3, -0.25) is 9.59 Å². The predicted molar refractivity (Wildman–Crippen MR) is 99.6 cm³/mol. The fourth-order valence-electron chi connectivity index (χ4n) is 3.13. The van der Waals surface area contributed by atoms with E-state index in [1.54, 1.807) is 12.1 Å². The summed E-state index contributed by atoms with van der Waals surface area (Å²) in [5, 5.41) is 10.5. The van der Waals surface area contributed by atoms with Crippen molar-refractivity contribution in [3.05, 3.63) is 42.2 Å². The fraction of sp³-hybridized carbons (Fsp3) is 0.474. The molecule has 0 radical (unpaired) electrons. The lowest BCUT2D eigenvalue weighted by Crippen LogP contribution is -2.41. The number of para-hydroxylation sites is 1. The average molecular weight is 389 g/mol. The van der Waals surface area contributed by atoms with Crippen LogP contribution in [0, 0.1) is 0 Å². The van der Waals surface area contributed by atoms with E-state index in [1.807, 2.05) is 32.0 Å². The SMILES string of the molecule is CC(C)NC(=O)c1cn(CC2CC(F)CN2C(=O)COc2ccccc2)nn1. The van der Waals surface area contributed by atoms with Gasteiger partial charge < -0.3 is 15.0 Å². The molecule has 1 N–H and O–H groups in total. The number of hydrogen-bond donors (Lipinski definition) is 1. The summed E-state index contributed by atoms with van der Waals surface area (Å²) in [7, 11) is 0. The number of carbonyl (C=O) groups excluding carboxylic acids is 2. The minimum absolute atomic E-state index is 0.0162. The highest BCUT2D eigenvalue weighted by molar-refractivity contribution is 5.92. The number of ether oxygens (including phenoxy) is 1. The molecule has 2 aromatic rings. The number of nitrogens with one attached hydrogen (secondary N) is 1. The van der Waals surface area contributed by atoms with Gasteiger partial charge in [0.2, 0.25) is 0 Å². The number of rotatable bonds is 7. The van der Waals surface area contributed by atoms with Crippen molar-refractivity contribution >= 4 is 11.8 Å². The van der Waals surface area contributed by atoms with Crippen molar-refractivity contribution in [1.82, 2.24) is 25.2 Å². The van der Waals surface area contributed by atoms with Gasteiger partial charge in [-0.05, 0) is 26.0 Å². The molecule has 1 saturated heterocycles. The molecule has 0 aliphatic carbocycles. The first kappa shape index (κ1) is 19.8. The molecule has 2 amide bonds. The highest BCUT2D eigenvalue weighted by Crippen LogP contribution is 2.22. The largest absolute Gasteiger partial charge is 0.484 e. The number of halogens is 1. The van der Waals surface area contributed by atoms with Crippen LogP contribution in [0.2, 0.25) is 0 Å². The molecule has 150 valence electrons. The number of benzene rings is 1. The summed E-state index contributed by atoms with van der Waals surface area (Å²) in [6.45, 7) is 3.83. The first-order chi connectivity index (χ1) is 13.4. The maximum atomic E-state index is 14.0. The molecule has 1 aliphatic heterocycles. The van der Waals surface area contributed by atoms with Gasteiger partial charge in [-0.2, -0.15) is 0 Å². The first-order valence-electron chi connectivity index (χ1n) is 9.24. The van der Waals surface area contributed by atoms with E-state index in [2.05, 4.69) is 15.6 Å². The van der Waals surface area contributed by atoms with Gasteiger partial charge in [0.25, 0.3) is 11.8 Å². The molecule has 9 heteroatoms. The van der Waals surface area contributed by atoms with Crippen molar-refractivity contribution in [2.75, 3.05) is 13.2 Å². The lowest BCUT2D eigenvalue weighted by molar-refractivity contribution is -0.134. The van der Waals surface area contributed by atoms with Crippen molar-refractivity contribution in [3.8, 4) is 5.75 Å². The number of carbonyl (C=O) groups is 2. The second kappa shape index (κ2) is 8.81. The molecule has 2 unspecified atom stereocenters. The summed E-state index contributed by atoms with van der Waals surface area (Å²) in [4.78, 5) is 26.0. The molecule has 28 heavy (non-hydrogen) atoms. The standard InChI is InChI=1S/C19H24FN5O3/c1-13(2)21-19(27)17-11-24(23-22-17)10-15-8-14(20)9-25(15)18(26)12-28-16-6-4-3-5-7-16/h3-7,11,13-15H,8-10,12H2,1-2H3,(H,21,27). The second-order valence-corrected chi connectivity index (χ2v) is 7.09. The topological polar surface area (TPSA) is 89.4 Å². The average Bonchev–Trinajstić information content (AvgIpc) is 3.27. The smallest absolute Gasteiger partial charge is 0.273 e. The van der Waals surface area contributed by atoms with Gasteiger partial charge in [-0.25, -0.2) is 9.07 Å². The number of alkyl halides is 1. The number of likely N-dealkylation sites (tertiary alicyclic amines) is 1. The zero-order valence-corrected chi connectivity index (χ0v) is 15.9. The Morgan fingerprint density at radius 2 is 2.07 bits per heavy atom. The number of aromatic nitrogens is 3. The van der Waals surface area contributed by atoms with Crippen LogP contribution in [0.3, 0.4) is 0 Å². The molecule has 3 rings (SSSR count). The molecule has 1 fully saturated rings. The van der Waals surface area contributed by atoms with Gasteiger partial charge in [-0.15, -0.1) is 5.10 Å². The molecule has 1 aromatic heterocycles. The summed E-state index contributed by atoms with van der Waals surface area (Å²) >= 11 is 0. The van der Waals surface area contributed by atoms with Crippen LogP contribution in [0.4, 0.5) is 4.39 Å². The van der Waals surface area contributed by atoms with Crippen LogP contribution in [-0.2, 0) is 11.3 Å². The quantitative estimate of drug-likeness (QED) is 0.774. The Morgan fingerprint density at radius 1 is 1.32 bits per heavy atom. The van der Waals surface area contributed by atoms with Crippen LogP contribution in [0.1, 0.15) is 30.8 Å². The fourth-order valence-corrected chi connectivity index (χ4v) is 3.13. The summed E-state index contributed by atoms with van der Waals surface area (Å²) in [6.07, 6.45) is 0.620. The molecule has 1 aliphatic rings. The van der Waals surface area contributed by atoms with Gasteiger partial charge in [-0.1, -0.05) is 23.4 Å². The second-order valence-electron chi connectivity index (χ2n) is 7.09. The third kappa shape index (κ3) is 5.05. The molecular formula is C19H24FN5O3. The van der Waals surface area contributed by atoms with Gasteiger partial charge in [0.15, 0.2) is 12.3 Å². The van der Waals surface area contributed by atoms with Crippen molar-refractivity contribution in [3.63, 3.8) is 0 Å². The number of nitrogens with zero attached hydrogens (tertiary/aromatic N) is 4. The Hall–Kier alpha value is -2.97. The summed E-state index contributed by atoms with van der Waals surface area (Å²) in [5.74, 6) is -0.0207. The highest BCUT2D eigenvalue weighted by Gasteiger charge is 2.36. The zero-order valence-electron chi connectivity index (χ0n) is 15.9. The summed E-state index contributed by atoms with van der Waals surface area (Å²) in [5.41, 5.74) is 0.189. The van der Waals surface area contributed by atoms with E-state index in [0.717, 1.165) is 0 Å². The Bertz CT molecular complexity index is 811. The van der Waals surface area contributed by atoms with E-state index < -0.39 is 6.17 Å². The Balaban J connectivity index is 1.60. The summed E-state index contributed by atoms with van der Waals surface area (Å²) < 4.78 is 20.9. The van der Waals surface area contributed by atoms with Crippen LogP contribution in [0.5, 0.6) is 5.75 Å². The summed E-state index contributed by atoms with van der Waals surface area (Å²) in [6, 6.07) is 8.61. The van der Waals surface area contributed by atoms with Gasteiger partial charge >= 0.3 is 0 Å². The molecule has 1 aromatic carbocycles. The first-order valence-corrected chi connectivity index (χ1v) is 9.24. The van der Waals surface area contributed by atoms with E-state index >= 15 is 0 Å². The van der Waals surface area contributed by atoms with Crippen LogP contribution >= 0.6 is 0 Å². The molecular weight excluding hydrogens is 365 g/mol. The molecule has 0 saturated carbocycles. The highest BCUT2D eigenvalue weighted by atomic mass is 19.1. The van der Waals surface area contributed by atoms with E-state index in [1.165, 1.54) is 15.8 Å². The van der Waals surface area contributed by atoms with Crippen molar-refractivity contribution in [2.24, 2.45) is 0 Å². The third-order valence-electron chi connectivity index (χ3n) is 4.38. The Kier molecular flexibility index (Phi) is 6.23. The van der Waals surface area contributed by atoms with Crippen LogP contribution < -0.4 is 10.1 Å². The maximum Gasteiger partial charge on any atom is 0.273 e. The van der Waals surface area contributed by atoms with Crippen molar-refractivity contribution in [1.29, 1.82) is 0 Å². The van der Waals surface area contributed by atoms with E-state index in [-0.39, 0.29) is 55.7 Å². The Morgan fingerprint density at radius 3 is 2.79 bits per heavy atom. The van der Waals surface area contributed by atoms with E-state index in [4.69, 9.17) is 4.74 Å². The molecule has 2 heterocycles. The molecule has 8 nitrogen and oxygen atoms in total. The third-order valence-corrected chi connectivity index (χ3v) is 4.38. The zero-order chi connectivity index (χ0) is 20.1. The monoisotopic (exact) mass is 389 g/mol. The molecule has 2 atom stereocenters. The lowest BCUT2D eigenvalue weighted by Gasteiger charge is -2.24. The van der Waals surface area contributed by atoms with Gasteiger partial charge in [0.1, 0.15) is 11.9 Å². The van der Waals surface area contributed by atoms with Crippen LogP contribution in [0.15, 0.2) is 36.5 Å². The predicted octanol–water partition coefficient (Wildman–Crippen LogP) is 1.43. The van der Waals surface area contributed by atoms with Crippen molar-refractivity contribution < 1.29 is 18.7 Å². The molecule has 0 spiro atoms. The van der Waals surface area contributed by atoms with Crippen LogP contribution in [0.25, 0.3) is 0 Å². The van der Waals surface area contributed by atoms with Gasteiger partial charge in [0.05, 0.1) is 25.3 Å². The molecule has 0 bridgehead atoms. The van der Waals surface area contributed by atoms with Crippen LogP contribution in [-0.4, -0.2) is 63.1 Å². The lowest BCUT2D eigenvalue weighted by atomic mass is 10.2. The number of hydrogen-bond acceptors (Lipinski definition) is 5. The minimum atomic E-state index is -1.10. The van der Waals surface area contributed by atoms with E-state index in [0.29, 0.717) is 5.75 Å². The minimum Gasteiger partial charge on any atom is -0.484 e. The van der Waals surface area contributed by atoms with E-state index in [9.17, 15) is 14.0 Å². The normalized spacial score (nSPS) is 19.1. The Labute approximate surface area is 162 Å². The number of amides is 2. The van der Waals surface area contributed by atoms with Gasteiger partial charge in [0, 0.05) is 12.5 Å². The maximum absolute atomic E-state index is 14.0.